The number of anilines is 2. The van der Waals surface area contributed by atoms with Gasteiger partial charge in [0, 0.05) is 16.9 Å². The van der Waals surface area contributed by atoms with Crippen LogP contribution in [0.15, 0.2) is 42.5 Å². The van der Waals surface area contributed by atoms with E-state index in [-0.39, 0.29) is 0 Å². The summed E-state index contributed by atoms with van der Waals surface area (Å²) >= 11 is 0. The van der Waals surface area contributed by atoms with Gasteiger partial charge in [0.2, 0.25) is 0 Å². The standard InChI is InChI=1S/C16H17N3O2/c1-10-3-8-14(9-11(10)2)18-16(21)19-15(20)12-4-6-13(17)7-5-12/h3-9H,17H2,1-2H3,(H2,18,19,20,21). The second-order valence-corrected chi connectivity index (χ2v) is 4.83. The molecular weight excluding hydrogens is 266 g/mol. The minimum atomic E-state index is -0.569. The van der Waals surface area contributed by atoms with E-state index in [9.17, 15) is 9.59 Å². The minimum absolute atomic E-state index is 0.374. The predicted octanol–water partition coefficient (Wildman–Crippen LogP) is 2.85. The molecule has 0 saturated heterocycles. The molecule has 2 rings (SSSR count). The molecule has 4 N–H and O–H groups in total. The molecule has 0 bridgehead atoms. The van der Waals surface area contributed by atoms with Crippen LogP contribution >= 0.6 is 0 Å². The van der Waals surface area contributed by atoms with E-state index in [0.29, 0.717) is 16.9 Å². The van der Waals surface area contributed by atoms with Crippen LogP contribution in [-0.4, -0.2) is 11.9 Å². The molecule has 108 valence electrons. The zero-order valence-electron chi connectivity index (χ0n) is 11.9. The molecule has 0 saturated carbocycles. The third-order valence-electron chi connectivity index (χ3n) is 3.16. The molecule has 0 aliphatic heterocycles. The maximum atomic E-state index is 11.9. The van der Waals surface area contributed by atoms with Crippen molar-refractivity contribution in [3.63, 3.8) is 0 Å². The SMILES string of the molecule is Cc1ccc(NC(=O)NC(=O)c2ccc(N)cc2)cc1C. The van der Waals surface area contributed by atoms with E-state index in [4.69, 9.17) is 5.73 Å². The smallest absolute Gasteiger partial charge is 0.326 e. The van der Waals surface area contributed by atoms with Gasteiger partial charge in [-0.3, -0.25) is 10.1 Å². The van der Waals surface area contributed by atoms with Crippen LogP contribution < -0.4 is 16.4 Å². The molecule has 0 heterocycles. The number of rotatable bonds is 2. The molecule has 2 aromatic rings. The zero-order chi connectivity index (χ0) is 15.4. The second kappa shape index (κ2) is 6.09. The molecule has 0 fully saturated rings. The van der Waals surface area contributed by atoms with Crippen molar-refractivity contribution in [3.05, 3.63) is 59.2 Å². The van der Waals surface area contributed by atoms with Gasteiger partial charge in [-0.15, -0.1) is 0 Å². The number of hydrogen-bond acceptors (Lipinski definition) is 3. The second-order valence-electron chi connectivity index (χ2n) is 4.83. The van der Waals surface area contributed by atoms with Gasteiger partial charge >= 0.3 is 6.03 Å². The average molecular weight is 283 g/mol. The van der Waals surface area contributed by atoms with Gasteiger partial charge in [0.1, 0.15) is 0 Å². The Hall–Kier alpha value is -2.82. The predicted molar refractivity (Wildman–Crippen MR) is 83.3 cm³/mol. The van der Waals surface area contributed by atoms with Crippen molar-refractivity contribution in [2.45, 2.75) is 13.8 Å². The lowest BCUT2D eigenvalue weighted by Gasteiger charge is -2.08. The zero-order valence-corrected chi connectivity index (χ0v) is 11.9. The number of aryl methyl sites for hydroxylation is 2. The molecule has 0 spiro atoms. The lowest BCUT2D eigenvalue weighted by atomic mass is 10.1. The van der Waals surface area contributed by atoms with Gasteiger partial charge in [-0.2, -0.15) is 0 Å². The maximum Gasteiger partial charge on any atom is 0.326 e. The van der Waals surface area contributed by atoms with Crippen LogP contribution in [-0.2, 0) is 0 Å². The Morgan fingerprint density at radius 3 is 2.24 bits per heavy atom. The van der Waals surface area contributed by atoms with Crippen molar-refractivity contribution >= 4 is 23.3 Å². The van der Waals surface area contributed by atoms with Gasteiger partial charge in [0.15, 0.2) is 0 Å². The minimum Gasteiger partial charge on any atom is -0.399 e. The number of amides is 3. The molecule has 5 nitrogen and oxygen atoms in total. The molecular formula is C16H17N3O2. The van der Waals surface area contributed by atoms with E-state index < -0.39 is 11.9 Å². The van der Waals surface area contributed by atoms with Gasteiger partial charge in [-0.1, -0.05) is 6.07 Å². The first-order valence-corrected chi connectivity index (χ1v) is 6.51. The largest absolute Gasteiger partial charge is 0.399 e. The first-order valence-electron chi connectivity index (χ1n) is 6.51. The maximum absolute atomic E-state index is 11.9. The van der Waals surface area contributed by atoms with E-state index in [0.717, 1.165) is 11.1 Å². The monoisotopic (exact) mass is 283 g/mol. The summed E-state index contributed by atoms with van der Waals surface area (Å²) in [6, 6.07) is 11.3. The number of carbonyl (C=O) groups is 2. The average Bonchev–Trinajstić information content (AvgIpc) is 2.43. The van der Waals surface area contributed by atoms with E-state index in [1.807, 2.05) is 26.0 Å². The van der Waals surface area contributed by atoms with Gasteiger partial charge in [0.25, 0.3) is 5.91 Å². The van der Waals surface area contributed by atoms with Crippen molar-refractivity contribution < 1.29 is 9.59 Å². The molecule has 0 aliphatic rings. The highest BCUT2D eigenvalue weighted by Gasteiger charge is 2.10. The number of hydrogen-bond donors (Lipinski definition) is 3. The lowest BCUT2D eigenvalue weighted by molar-refractivity contribution is 0.0967. The Morgan fingerprint density at radius 2 is 1.62 bits per heavy atom. The fourth-order valence-electron chi connectivity index (χ4n) is 1.79. The van der Waals surface area contributed by atoms with E-state index in [1.54, 1.807) is 30.3 Å². The van der Waals surface area contributed by atoms with Crippen molar-refractivity contribution in [1.82, 2.24) is 5.32 Å². The number of nitrogen functional groups attached to an aromatic ring is 1. The van der Waals surface area contributed by atoms with Crippen molar-refractivity contribution in [1.29, 1.82) is 0 Å². The molecule has 0 aromatic heterocycles. The summed E-state index contributed by atoms with van der Waals surface area (Å²) in [6.07, 6.45) is 0. The van der Waals surface area contributed by atoms with Crippen molar-refractivity contribution in [3.8, 4) is 0 Å². The van der Waals surface area contributed by atoms with E-state index in [2.05, 4.69) is 10.6 Å². The quantitative estimate of drug-likeness (QED) is 0.741. The first-order chi connectivity index (χ1) is 9.95. The highest BCUT2D eigenvalue weighted by molar-refractivity contribution is 6.08. The fourth-order valence-corrected chi connectivity index (χ4v) is 1.79. The van der Waals surface area contributed by atoms with E-state index >= 15 is 0 Å². The van der Waals surface area contributed by atoms with Gasteiger partial charge in [-0.25, -0.2) is 4.79 Å². The van der Waals surface area contributed by atoms with Gasteiger partial charge in [-0.05, 0) is 61.4 Å². The summed E-state index contributed by atoms with van der Waals surface area (Å²) < 4.78 is 0. The molecule has 2 aromatic carbocycles. The Bertz CT molecular complexity index is 678. The number of nitrogens with two attached hydrogens (primary N) is 1. The Balaban J connectivity index is 1.99. The van der Waals surface area contributed by atoms with Crippen LogP contribution in [0.2, 0.25) is 0 Å². The molecule has 5 heteroatoms. The normalized spacial score (nSPS) is 10.0. The van der Waals surface area contributed by atoms with Crippen molar-refractivity contribution in [2.24, 2.45) is 0 Å². The third kappa shape index (κ3) is 3.82. The van der Waals surface area contributed by atoms with Crippen LogP contribution in [0.25, 0.3) is 0 Å². The van der Waals surface area contributed by atoms with Crippen LogP contribution in [0.3, 0.4) is 0 Å². The van der Waals surface area contributed by atoms with E-state index in [1.165, 1.54) is 0 Å². The number of urea groups is 1. The highest BCUT2D eigenvalue weighted by Crippen LogP contribution is 2.14. The Kier molecular flexibility index (Phi) is 4.23. The molecule has 0 aliphatic carbocycles. The molecule has 0 radical (unpaired) electrons. The topological polar surface area (TPSA) is 84.2 Å². The van der Waals surface area contributed by atoms with Gasteiger partial charge in [0.05, 0.1) is 0 Å². The molecule has 0 atom stereocenters. The Labute approximate surface area is 123 Å². The van der Waals surface area contributed by atoms with Crippen LogP contribution in [0.4, 0.5) is 16.2 Å². The summed E-state index contributed by atoms with van der Waals surface area (Å²) in [5.41, 5.74) is 9.33. The fraction of sp³-hybridized carbons (Fsp3) is 0.125. The number of benzene rings is 2. The van der Waals surface area contributed by atoms with Crippen LogP contribution in [0, 0.1) is 13.8 Å². The summed E-state index contributed by atoms with van der Waals surface area (Å²) in [5, 5.41) is 4.89. The summed E-state index contributed by atoms with van der Waals surface area (Å²) in [7, 11) is 0. The van der Waals surface area contributed by atoms with Crippen LogP contribution in [0.5, 0.6) is 0 Å². The lowest BCUT2D eigenvalue weighted by Crippen LogP contribution is -2.34. The number of carbonyl (C=O) groups excluding carboxylic acids is 2. The van der Waals surface area contributed by atoms with Crippen LogP contribution in [0.1, 0.15) is 21.5 Å². The van der Waals surface area contributed by atoms with Gasteiger partial charge < -0.3 is 11.1 Å². The number of nitrogens with one attached hydrogen (secondary N) is 2. The Morgan fingerprint density at radius 1 is 0.952 bits per heavy atom. The summed E-state index contributed by atoms with van der Waals surface area (Å²) in [4.78, 5) is 23.7. The third-order valence-corrected chi connectivity index (χ3v) is 3.16. The van der Waals surface area contributed by atoms with Crippen molar-refractivity contribution in [2.75, 3.05) is 11.1 Å². The highest BCUT2D eigenvalue weighted by atomic mass is 16.2. The molecule has 3 amide bonds. The first kappa shape index (κ1) is 14.6. The summed E-state index contributed by atoms with van der Waals surface area (Å²) in [5.74, 6) is -0.476. The molecule has 21 heavy (non-hydrogen) atoms. The molecule has 0 unspecified atom stereocenters. The summed E-state index contributed by atoms with van der Waals surface area (Å²) in [6.45, 7) is 3.95. The number of imide groups is 1.